The van der Waals surface area contributed by atoms with Gasteiger partial charge in [0.15, 0.2) is 0 Å². The van der Waals surface area contributed by atoms with Gasteiger partial charge in [0.05, 0.1) is 0 Å². The zero-order valence-electron chi connectivity index (χ0n) is 8.82. The van der Waals surface area contributed by atoms with Gasteiger partial charge in [0, 0.05) is 0 Å². The van der Waals surface area contributed by atoms with E-state index in [1.54, 1.807) is 0 Å². The van der Waals surface area contributed by atoms with E-state index >= 15 is 0 Å². The van der Waals surface area contributed by atoms with Crippen LogP contribution in [0.1, 0.15) is 25.7 Å². The maximum atomic E-state index is 6.33. The molecule has 1 aliphatic heterocycles. The van der Waals surface area contributed by atoms with Crippen LogP contribution in [0.2, 0.25) is 10.0 Å². The summed E-state index contributed by atoms with van der Waals surface area (Å²) in [6.07, 6.45) is 17.7. The van der Waals surface area contributed by atoms with Crippen LogP contribution in [0.5, 0.6) is 0 Å². The van der Waals surface area contributed by atoms with Crippen molar-refractivity contribution in [1.82, 2.24) is 0 Å². The Hall–Kier alpha value is 0.423. The Kier molecular flexibility index (Phi) is 6.89. The first kappa shape index (κ1) is 13.5. The summed E-state index contributed by atoms with van der Waals surface area (Å²) in [4.78, 5) is 0. The Morgan fingerprint density at radius 2 is 0.933 bits per heavy atom. The van der Waals surface area contributed by atoms with Gasteiger partial charge in [-0.25, -0.2) is 0 Å². The molecule has 3 heteroatoms. The van der Waals surface area contributed by atoms with Crippen LogP contribution in [0.15, 0.2) is 36.5 Å². The van der Waals surface area contributed by atoms with Crippen LogP contribution < -0.4 is 0 Å². The van der Waals surface area contributed by atoms with E-state index in [4.69, 9.17) is 19.4 Å². The molecule has 15 heavy (non-hydrogen) atoms. The quantitative estimate of drug-likeness (QED) is 0.404. The average Bonchev–Trinajstić information content (AvgIpc) is 2.20. The van der Waals surface area contributed by atoms with Gasteiger partial charge in [-0.15, -0.1) is 0 Å². The molecule has 88 valence electrons. The van der Waals surface area contributed by atoms with Crippen LogP contribution in [0, 0.1) is 0 Å². The molecular weight excluding hydrogens is 316 g/mol. The summed E-state index contributed by atoms with van der Waals surface area (Å²) in [5, 5.41) is 1.79. The second-order valence-electron chi connectivity index (χ2n) is 3.46. The van der Waals surface area contributed by atoms with Crippen molar-refractivity contribution in [1.29, 1.82) is 0 Å². The van der Waals surface area contributed by atoms with Gasteiger partial charge in [-0.05, 0) is 0 Å². The normalized spacial score (nSPS) is 31.3. The van der Waals surface area contributed by atoms with Crippen LogP contribution in [0.3, 0.4) is 0 Å². The van der Waals surface area contributed by atoms with Crippen LogP contribution in [-0.2, 0) is 12.8 Å². The van der Waals surface area contributed by atoms with E-state index < -0.39 is 12.8 Å². The van der Waals surface area contributed by atoms with E-state index in [2.05, 4.69) is 36.5 Å². The molecule has 0 bridgehead atoms. The van der Waals surface area contributed by atoms with Gasteiger partial charge in [-0.2, -0.15) is 0 Å². The first-order valence-electron chi connectivity index (χ1n) is 5.22. The Morgan fingerprint density at radius 3 is 1.33 bits per heavy atom. The van der Waals surface area contributed by atoms with Gasteiger partial charge in [-0.1, -0.05) is 0 Å². The first-order chi connectivity index (χ1) is 7.21. The van der Waals surface area contributed by atoms with Crippen molar-refractivity contribution in [2.24, 2.45) is 0 Å². The topological polar surface area (TPSA) is 0 Å². The van der Waals surface area contributed by atoms with Crippen molar-refractivity contribution in [3.05, 3.63) is 36.5 Å². The standard InChI is InChI=1S/C12H18.2ClH.Ru/c1-3-5-7-9-11-12-10-8-6-4-2;;;/h3-6,11-12H,1-2,7-10H2;2*1H;/q;;;+2/p-2/b5-3-,6-4+,12-11+;;;. The Balaban J connectivity index is 2.50. The fraction of sp³-hybridized carbons (Fsp3) is 0.500. The number of allylic oxidation sites excluding steroid dienone is 6. The predicted octanol–water partition coefficient (Wildman–Crippen LogP) is 5.53. The third-order valence-corrected chi connectivity index (χ3v) is 7.57. The predicted molar refractivity (Wildman–Crippen MR) is 67.2 cm³/mol. The molecule has 1 aliphatic rings. The number of rotatable bonds is 0. The second kappa shape index (κ2) is 7.66. The van der Waals surface area contributed by atoms with Crippen molar-refractivity contribution < 1.29 is 12.8 Å². The van der Waals surface area contributed by atoms with Crippen LogP contribution in [-0.4, -0.2) is 0 Å². The summed E-state index contributed by atoms with van der Waals surface area (Å²) in [6.45, 7) is 0. The van der Waals surface area contributed by atoms with Crippen molar-refractivity contribution in [2.45, 2.75) is 35.7 Å². The van der Waals surface area contributed by atoms with Crippen LogP contribution in [0.4, 0.5) is 0 Å². The molecule has 0 atom stereocenters. The van der Waals surface area contributed by atoms with Gasteiger partial charge >= 0.3 is 104 Å². The second-order valence-corrected chi connectivity index (χ2v) is 14.7. The summed E-state index contributed by atoms with van der Waals surface area (Å²) in [5.74, 6) is 0. The zero-order valence-corrected chi connectivity index (χ0v) is 12.1. The molecule has 0 radical (unpaired) electrons. The van der Waals surface area contributed by atoms with Gasteiger partial charge in [0.1, 0.15) is 0 Å². The van der Waals surface area contributed by atoms with Gasteiger partial charge in [0.25, 0.3) is 0 Å². The zero-order chi connectivity index (χ0) is 11.0. The summed E-state index contributed by atoms with van der Waals surface area (Å²) in [5.41, 5.74) is 0. The van der Waals surface area contributed by atoms with Crippen molar-refractivity contribution in [2.75, 3.05) is 0 Å². The number of halogens is 2. The molecule has 1 heterocycles. The molecule has 0 nitrogen and oxygen atoms in total. The van der Waals surface area contributed by atoms with E-state index in [1.165, 1.54) is 0 Å². The molecule has 1 rings (SSSR count). The molecule has 0 aliphatic carbocycles. The fourth-order valence-corrected chi connectivity index (χ4v) is 4.84. The van der Waals surface area contributed by atoms with Crippen molar-refractivity contribution in [3.63, 3.8) is 0 Å². The van der Waals surface area contributed by atoms with Gasteiger partial charge in [-0.3, -0.25) is 0 Å². The molecule has 0 N–H and O–H groups in total. The third kappa shape index (κ3) is 7.33. The molecule has 0 amide bonds. The summed E-state index contributed by atoms with van der Waals surface area (Å²) in [7, 11) is 12.7. The SMILES string of the molecule is [Cl][Ru]1([Cl])[CH2]/C=C\CC/C=C/CC/C=C/[CH2]1. The summed E-state index contributed by atoms with van der Waals surface area (Å²) < 4.78 is 0. The first-order valence-corrected chi connectivity index (χ1v) is 12.2. The van der Waals surface area contributed by atoms with E-state index in [0.29, 0.717) is 0 Å². The van der Waals surface area contributed by atoms with Crippen LogP contribution in [0.25, 0.3) is 0 Å². The molecule has 0 aromatic heterocycles. The van der Waals surface area contributed by atoms with Crippen LogP contribution >= 0.6 is 19.4 Å². The Bertz CT molecular complexity index is 230. The van der Waals surface area contributed by atoms with Crippen molar-refractivity contribution in [3.8, 4) is 0 Å². The molecule has 0 spiro atoms. The third-order valence-electron chi connectivity index (χ3n) is 2.09. The maximum absolute atomic E-state index is 6.33. The van der Waals surface area contributed by atoms with Gasteiger partial charge < -0.3 is 0 Å². The molecule has 0 aromatic rings. The minimum atomic E-state index is -2.35. The van der Waals surface area contributed by atoms with E-state index in [-0.39, 0.29) is 0 Å². The summed E-state index contributed by atoms with van der Waals surface area (Å²) in [6, 6.07) is 0. The van der Waals surface area contributed by atoms with Crippen molar-refractivity contribution >= 4 is 19.4 Å². The molecule has 0 saturated carbocycles. The Labute approximate surface area is 104 Å². The van der Waals surface area contributed by atoms with E-state index in [0.717, 1.165) is 35.7 Å². The van der Waals surface area contributed by atoms with Gasteiger partial charge in [0.2, 0.25) is 0 Å². The molecule has 0 fully saturated rings. The number of hydrogen-bond donors (Lipinski definition) is 0. The Morgan fingerprint density at radius 1 is 0.600 bits per heavy atom. The molecular formula is C12H18Cl2Ru. The van der Waals surface area contributed by atoms with E-state index in [9.17, 15) is 0 Å². The molecule has 0 saturated heterocycles. The molecule has 0 unspecified atom stereocenters. The van der Waals surface area contributed by atoms with E-state index in [1.807, 2.05) is 0 Å². The fourth-order valence-electron chi connectivity index (χ4n) is 1.28. The monoisotopic (exact) mass is 334 g/mol. The number of hydrogen-bond acceptors (Lipinski definition) is 0. The summed E-state index contributed by atoms with van der Waals surface area (Å²) >= 11 is -2.35. The minimum absolute atomic E-state index is 0.896. The molecule has 0 aromatic carbocycles. The average molecular weight is 334 g/mol.